The molecule has 20 heavy (non-hydrogen) atoms. The number of allylic oxidation sites excluding steroid dienone is 3. The van der Waals surface area contributed by atoms with Gasteiger partial charge in [-0.2, -0.15) is 0 Å². The van der Waals surface area contributed by atoms with E-state index < -0.39 is 4.92 Å². The van der Waals surface area contributed by atoms with Crippen LogP contribution >= 0.6 is 11.6 Å². The van der Waals surface area contributed by atoms with Crippen molar-refractivity contribution in [2.45, 2.75) is 6.92 Å². The number of hydrogen-bond donors (Lipinski definition) is 1. The second kappa shape index (κ2) is 7.25. The van der Waals surface area contributed by atoms with Crippen LogP contribution < -0.4 is 5.73 Å². The van der Waals surface area contributed by atoms with Crippen LogP contribution in [0.5, 0.6) is 0 Å². The van der Waals surface area contributed by atoms with Crippen molar-refractivity contribution in [1.29, 1.82) is 0 Å². The van der Waals surface area contributed by atoms with Gasteiger partial charge in [0.1, 0.15) is 0 Å². The van der Waals surface area contributed by atoms with Gasteiger partial charge in [-0.15, -0.1) is 0 Å². The summed E-state index contributed by atoms with van der Waals surface area (Å²) in [6.45, 7) is 5.33. The topological polar surface area (TPSA) is 81.5 Å². The minimum atomic E-state index is -0.490. The highest BCUT2D eigenvalue weighted by Gasteiger charge is 2.08. The second-order valence-corrected chi connectivity index (χ2v) is 4.16. The number of rotatable bonds is 5. The monoisotopic (exact) mass is 291 g/mol. The molecule has 0 fully saturated rings. The van der Waals surface area contributed by atoms with E-state index in [2.05, 4.69) is 11.6 Å². The number of non-ortho nitro benzene ring substituents is 1. The fourth-order valence-electron chi connectivity index (χ4n) is 1.41. The Labute approximate surface area is 121 Å². The molecule has 5 nitrogen and oxygen atoms in total. The Morgan fingerprint density at radius 2 is 2.25 bits per heavy atom. The van der Waals surface area contributed by atoms with E-state index in [9.17, 15) is 10.1 Å². The van der Waals surface area contributed by atoms with Gasteiger partial charge in [0.15, 0.2) is 0 Å². The number of nitrogens with zero attached hydrogens (tertiary/aromatic N) is 2. The lowest BCUT2D eigenvalue weighted by atomic mass is 10.2. The molecular formula is C14H14ClN3O2. The maximum absolute atomic E-state index is 10.7. The van der Waals surface area contributed by atoms with Crippen LogP contribution in [-0.2, 0) is 0 Å². The molecule has 0 aliphatic rings. The normalized spacial score (nSPS) is 12.7. The zero-order chi connectivity index (χ0) is 15.1. The van der Waals surface area contributed by atoms with Crippen molar-refractivity contribution in [1.82, 2.24) is 0 Å². The Morgan fingerprint density at radius 3 is 2.80 bits per heavy atom. The highest BCUT2D eigenvalue weighted by atomic mass is 35.5. The maximum Gasteiger partial charge on any atom is 0.270 e. The molecule has 2 N–H and O–H groups in total. The van der Waals surface area contributed by atoms with Crippen LogP contribution in [0.1, 0.15) is 12.5 Å². The highest BCUT2D eigenvalue weighted by molar-refractivity contribution is 6.33. The van der Waals surface area contributed by atoms with Crippen LogP contribution in [0.4, 0.5) is 5.69 Å². The Balaban J connectivity index is 3.11. The van der Waals surface area contributed by atoms with E-state index in [1.165, 1.54) is 24.4 Å². The molecule has 0 aliphatic heterocycles. The Morgan fingerprint density at radius 1 is 1.55 bits per heavy atom. The molecular weight excluding hydrogens is 278 g/mol. The van der Waals surface area contributed by atoms with E-state index in [1.54, 1.807) is 25.2 Å². The standard InChI is InChI=1S/C14H14ClN3O2/c1-3-5-13(16)14(4-2)17-9-10-8-11(18(19)20)6-7-12(10)15/h3-9H,1,16H2,2H3/b13-5+,14-4+,17-9?. The fraction of sp³-hybridized carbons (Fsp3) is 0.0714. The molecule has 1 aromatic rings. The van der Waals surface area contributed by atoms with Gasteiger partial charge in [0, 0.05) is 28.9 Å². The molecule has 1 rings (SSSR count). The largest absolute Gasteiger partial charge is 0.397 e. The summed E-state index contributed by atoms with van der Waals surface area (Å²) < 4.78 is 0. The first kappa shape index (κ1) is 15.7. The van der Waals surface area contributed by atoms with E-state index in [4.69, 9.17) is 17.3 Å². The summed E-state index contributed by atoms with van der Waals surface area (Å²) in [5, 5.41) is 11.1. The average molecular weight is 292 g/mol. The van der Waals surface area contributed by atoms with Crippen molar-refractivity contribution in [2.75, 3.05) is 0 Å². The van der Waals surface area contributed by atoms with Crippen molar-refractivity contribution in [2.24, 2.45) is 10.7 Å². The van der Waals surface area contributed by atoms with Crippen molar-refractivity contribution >= 4 is 23.5 Å². The summed E-state index contributed by atoms with van der Waals surface area (Å²) in [7, 11) is 0. The summed E-state index contributed by atoms with van der Waals surface area (Å²) in [6, 6.07) is 4.15. The van der Waals surface area contributed by atoms with Crippen LogP contribution in [0.15, 0.2) is 59.4 Å². The molecule has 0 radical (unpaired) electrons. The number of aliphatic imine (C=N–C) groups is 1. The van der Waals surface area contributed by atoms with Crippen LogP contribution in [0, 0.1) is 10.1 Å². The Bertz CT molecular complexity index is 619. The third-order valence-electron chi connectivity index (χ3n) is 2.40. The molecule has 0 saturated heterocycles. The molecule has 0 bridgehead atoms. The lowest BCUT2D eigenvalue weighted by Crippen LogP contribution is -1.99. The molecule has 1 aromatic carbocycles. The fourth-order valence-corrected chi connectivity index (χ4v) is 1.58. The summed E-state index contributed by atoms with van der Waals surface area (Å²) in [4.78, 5) is 14.4. The molecule has 0 aliphatic carbocycles. The third-order valence-corrected chi connectivity index (χ3v) is 2.74. The lowest BCUT2D eigenvalue weighted by molar-refractivity contribution is -0.384. The van der Waals surface area contributed by atoms with Crippen LogP contribution in [-0.4, -0.2) is 11.1 Å². The van der Waals surface area contributed by atoms with Gasteiger partial charge in [0.05, 0.1) is 16.3 Å². The molecule has 6 heteroatoms. The van der Waals surface area contributed by atoms with Crippen molar-refractivity contribution in [3.05, 3.63) is 75.1 Å². The molecule has 0 aromatic heterocycles. The van der Waals surface area contributed by atoms with Crippen molar-refractivity contribution < 1.29 is 4.92 Å². The van der Waals surface area contributed by atoms with Gasteiger partial charge in [-0.1, -0.05) is 30.3 Å². The maximum atomic E-state index is 10.7. The minimum absolute atomic E-state index is 0.0486. The number of hydrogen-bond acceptors (Lipinski definition) is 4. The summed E-state index contributed by atoms with van der Waals surface area (Å²) in [6.07, 6.45) is 6.32. The third kappa shape index (κ3) is 4.07. The Hall–Kier alpha value is -2.40. The zero-order valence-electron chi connectivity index (χ0n) is 10.9. The van der Waals surface area contributed by atoms with Gasteiger partial charge in [-0.05, 0) is 19.1 Å². The van der Waals surface area contributed by atoms with Crippen LogP contribution in [0.3, 0.4) is 0 Å². The first-order valence-electron chi connectivity index (χ1n) is 5.72. The summed E-state index contributed by atoms with van der Waals surface area (Å²) >= 11 is 5.97. The summed E-state index contributed by atoms with van der Waals surface area (Å²) in [5.41, 5.74) is 7.17. The van der Waals surface area contributed by atoms with Gasteiger partial charge >= 0.3 is 0 Å². The van der Waals surface area contributed by atoms with Crippen LogP contribution in [0.25, 0.3) is 0 Å². The predicted octanol–water partition coefficient (Wildman–Crippen LogP) is 3.60. The van der Waals surface area contributed by atoms with Gasteiger partial charge in [-0.3, -0.25) is 15.1 Å². The number of nitro benzene ring substituents is 1. The van der Waals surface area contributed by atoms with Crippen molar-refractivity contribution in [3.63, 3.8) is 0 Å². The molecule has 104 valence electrons. The van der Waals surface area contributed by atoms with Crippen LogP contribution in [0.2, 0.25) is 5.02 Å². The molecule has 0 amide bonds. The first-order valence-corrected chi connectivity index (χ1v) is 6.10. The predicted molar refractivity (Wildman–Crippen MR) is 81.9 cm³/mol. The SMILES string of the molecule is C=C/C=C(N)\C(=C/C)N=Cc1cc([N+](=O)[O-])ccc1Cl. The van der Waals surface area contributed by atoms with E-state index in [1.807, 2.05) is 0 Å². The average Bonchev–Trinajstić information content (AvgIpc) is 2.41. The number of benzene rings is 1. The van der Waals surface area contributed by atoms with E-state index in [-0.39, 0.29) is 5.69 Å². The zero-order valence-corrected chi connectivity index (χ0v) is 11.7. The number of nitrogens with two attached hydrogens (primary N) is 1. The molecule has 0 saturated carbocycles. The number of halogens is 1. The molecule has 0 heterocycles. The van der Waals surface area contributed by atoms with Crippen molar-refractivity contribution in [3.8, 4) is 0 Å². The van der Waals surface area contributed by atoms with Gasteiger partial charge in [0.2, 0.25) is 0 Å². The molecule has 0 atom stereocenters. The van der Waals surface area contributed by atoms with Gasteiger partial charge < -0.3 is 5.73 Å². The first-order chi connectivity index (χ1) is 9.49. The van der Waals surface area contributed by atoms with Gasteiger partial charge in [-0.25, -0.2) is 0 Å². The smallest absolute Gasteiger partial charge is 0.270 e. The lowest BCUT2D eigenvalue weighted by Gasteiger charge is -2.01. The quantitative estimate of drug-likeness (QED) is 0.389. The Kier molecular flexibility index (Phi) is 5.68. The summed E-state index contributed by atoms with van der Waals surface area (Å²) in [5.74, 6) is 0. The van der Waals surface area contributed by atoms with E-state index in [0.29, 0.717) is 22.0 Å². The van der Waals surface area contributed by atoms with Gasteiger partial charge in [0.25, 0.3) is 5.69 Å². The highest BCUT2D eigenvalue weighted by Crippen LogP contribution is 2.21. The minimum Gasteiger partial charge on any atom is -0.397 e. The molecule has 0 spiro atoms. The van der Waals surface area contributed by atoms with E-state index in [0.717, 1.165) is 0 Å². The second-order valence-electron chi connectivity index (χ2n) is 3.75. The van der Waals surface area contributed by atoms with E-state index >= 15 is 0 Å². The number of nitro groups is 1. The molecule has 0 unspecified atom stereocenters.